The van der Waals surface area contributed by atoms with Crippen molar-refractivity contribution in [1.29, 1.82) is 0 Å². The van der Waals surface area contributed by atoms with Crippen LogP contribution in [0.5, 0.6) is 0 Å². The molecule has 0 aliphatic carbocycles. The average Bonchev–Trinajstić information content (AvgIpc) is 2.94. The largest absolute Gasteiger partial charge is 0.766 e. The third-order valence-corrected chi connectivity index (χ3v) is 5.10. The molecule has 0 bridgehead atoms. The molecule has 0 fully saturated rings. The van der Waals surface area contributed by atoms with Gasteiger partial charge in [0.15, 0.2) is 0 Å². The second-order valence-electron chi connectivity index (χ2n) is 5.84. The summed E-state index contributed by atoms with van der Waals surface area (Å²) in [6.07, 6.45) is 10.1. The lowest BCUT2D eigenvalue weighted by molar-refractivity contribution is -0.705. The molecule has 0 N–H and O–H groups in total. The molecule has 11 heteroatoms. The Morgan fingerprint density at radius 2 is 1.81 bits per heavy atom. The van der Waals surface area contributed by atoms with Crippen LogP contribution in [0.15, 0.2) is 12.4 Å². The minimum atomic E-state index is -5.08. The molecular formula is C15H27F3N2O4S2. The summed E-state index contributed by atoms with van der Waals surface area (Å²) in [7, 11) is -3.22. The molecule has 0 aliphatic rings. The van der Waals surface area contributed by atoms with Crippen LogP contribution in [-0.4, -0.2) is 32.9 Å². The molecule has 1 heterocycles. The Morgan fingerprint density at radius 1 is 1.27 bits per heavy atom. The maximum atomic E-state index is 11.9. The lowest BCUT2D eigenvalue weighted by atomic mass is 10.00. The van der Waals surface area contributed by atoms with Gasteiger partial charge in [-0.3, -0.25) is 4.21 Å². The van der Waals surface area contributed by atoms with Crippen molar-refractivity contribution in [3.63, 3.8) is 0 Å². The Balaban J connectivity index is 0.000000758. The van der Waals surface area contributed by atoms with Gasteiger partial charge in [-0.15, -0.1) is 3.97 Å². The summed E-state index contributed by atoms with van der Waals surface area (Å²) < 4.78 is 76.9. The lowest BCUT2D eigenvalue weighted by Crippen LogP contribution is -2.39. The van der Waals surface area contributed by atoms with Crippen molar-refractivity contribution in [2.24, 2.45) is 0 Å². The first kappa shape index (κ1) is 25.1. The van der Waals surface area contributed by atoms with E-state index < -0.39 is 26.6 Å². The zero-order chi connectivity index (χ0) is 20.5. The molecule has 0 spiro atoms. The zero-order valence-corrected chi connectivity index (χ0v) is 17.1. The van der Waals surface area contributed by atoms with Crippen molar-refractivity contribution in [2.45, 2.75) is 70.8 Å². The zero-order valence-electron chi connectivity index (χ0n) is 15.5. The fourth-order valence-corrected chi connectivity index (χ4v) is 3.37. The van der Waals surface area contributed by atoms with E-state index in [1.54, 1.807) is 6.20 Å². The SMILES string of the molecule is CCCC[n+]1ccn(S(C)(=O)=O)c1C(CC)CCC.O=S([O-])C(F)(F)F. The van der Waals surface area contributed by atoms with Crippen LogP contribution in [-0.2, 0) is 27.6 Å². The van der Waals surface area contributed by atoms with Gasteiger partial charge in [0.25, 0.3) is 5.82 Å². The first-order chi connectivity index (χ1) is 11.9. The Morgan fingerprint density at radius 3 is 2.15 bits per heavy atom. The van der Waals surface area contributed by atoms with Gasteiger partial charge in [-0.2, -0.15) is 21.6 Å². The Bertz CT molecular complexity index is 673. The highest BCUT2D eigenvalue weighted by Gasteiger charge is 2.30. The number of aryl methyl sites for hydroxylation is 1. The molecule has 1 aromatic heterocycles. The second-order valence-corrected chi connectivity index (χ2v) is 8.63. The maximum absolute atomic E-state index is 11.9. The quantitative estimate of drug-likeness (QED) is 0.478. The molecule has 154 valence electrons. The van der Waals surface area contributed by atoms with Crippen molar-refractivity contribution in [2.75, 3.05) is 6.26 Å². The summed E-state index contributed by atoms with van der Waals surface area (Å²) in [6, 6.07) is 0. The number of imidazole rings is 1. The van der Waals surface area contributed by atoms with E-state index in [0.717, 1.165) is 44.5 Å². The number of nitrogens with zero attached hydrogens (tertiary/aromatic N) is 2. The topological polar surface area (TPSA) is 83.1 Å². The summed E-state index contributed by atoms with van der Waals surface area (Å²) in [4.78, 5) is 0. The third kappa shape index (κ3) is 8.17. The summed E-state index contributed by atoms with van der Waals surface area (Å²) in [5, 5.41) is 0. The fourth-order valence-electron chi connectivity index (χ4n) is 2.50. The van der Waals surface area contributed by atoms with E-state index in [2.05, 4.69) is 25.3 Å². The average molecular weight is 421 g/mol. The van der Waals surface area contributed by atoms with Crippen molar-refractivity contribution in [3.8, 4) is 0 Å². The standard InChI is InChI=1S/C14H27N2O2S.CHF3O2S/c1-5-8-10-15-11-12-16(19(4,17)18)14(15)13(7-3)9-6-2;2-1(3,4)7(5)6/h11-13H,5-10H2,1-4H3;(H,5,6)/q+1;/p-1. The van der Waals surface area contributed by atoms with Crippen LogP contribution in [0.4, 0.5) is 13.2 Å². The molecular weight excluding hydrogens is 393 g/mol. The number of alkyl halides is 3. The normalized spacial score (nSPS) is 14.5. The van der Waals surface area contributed by atoms with Gasteiger partial charge in [-0.1, -0.05) is 33.6 Å². The Hall–Kier alpha value is -0.940. The number of rotatable bonds is 8. The van der Waals surface area contributed by atoms with Crippen molar-refractivity contribution in [3.05, 3.63) is 18.2 Å². The first-order valence-electron chi connectivity index (χ1n) is 8.37. The molecule has 26 heavy (non-hydrogen) atoms. The van der Waals surface area contributed by atoms with Gasteiger partial charge in [0.1, 0.15) is 12.4 Å². The predicted octanol–water partition coefficient (Wildman–Crippen LogP) is 3.06. The molecule has 0 radical (unpaired) electrons. The molecule has 0 amide bonds. The van der Waals surface area contributed by atoms with Gasteiger partial charge in [0.05, 0.1) is 29.8 Å². The van der Waals surface area contributed by atoms with Gasteiger partial charge < -0.3 is 4.55 Å². The number of hydrogen-bond donors (Lipinski definition) is 0. The molecule has 0 saturated carbocycles. The number of unbranched alkanes of at least 4 members (excludes halogenated alkanes) is 1. The van der Waals surface area contributed by atoms with E-state index in [9.17, 15) is 21.6 Å². The number of aromatic nitrogens is 2. The summed E-state index contributed by atoms with van der Waals surface area (Å²) >= 11 is -3.93. The Labute approximate surface area is 155 Å². The minimum Gasteiger partial charge on any atom is -0.766 e. The molecule has 0 aromatic carbocycles. The van der Waals surface area contributed by atoms with Crippen LogP contribution in [0.2, 0.25) is 0 Å². The van der Waals surface area contributed by atoms with E-state index >= 15 is 0 Å². The monoisotopic (exact) mass is 420 g/mol. The third-order valence-electron chi connectivity index (χ3n) is 3.70. The van der Waals surface area contributed by atoms with Crippen LogP contribution in [0.1, 0.15) is 64.6 Å². The Kier molecular flexibility index (Phi) is 10.6. The van der Waals surface area contributed by atoms with Crippen molar-refractivity contribution < 1.29 is 34.9 Å². The van der Waals surface area contributed by atoms with E-state index in [1.807, 2.05) is 6.20 Å². The summed E-state index contributed by atoms with van der Waals surface area (Å²) in [6.45, 7) is 7.32. The minimum absolute atomic E-state index is 0.312. The fraction of sp³-hybridized carbons (Fsp3) is 0.800. The van der Waals surface area contributed by atoms with Crippen LogP contribution in [0.3, 0.4) is 0 Å². The van der Waals surface area contributed by atoms with E-state index in [0.29, 0.717) is 5.92 Å². The molecule has 6 nitrogen and oxygen atoms in total. The van der Waals surface area contributed by atoms with E-state index in [-0.39, 0.29) is 0 Å². The number of hydrogen-bond acceptors (Lipinski definition) is 4. The van der Waals surface area contributed by atoms with Crippen molar-refractivity contribution >= 4 is 21.1 Å². The van der Waals surface area contributed by atoms with Crippen LogP contribution >= 0.6 is 0 Å². The highest BCUT2D eigenvalue weighted by Crippen LogP contribution is 2.23. The molecule has 1 aromatic rings. The highest BCUT2D eigenvalue weighted by atomic mass is 32.2. The highest BCUT2D eigenvalue weighted by molar-refractivity contribution is 7.89. The lowest BCUT2D eigenvalue weighted by Gasteiger charge is -2.12. The number of halogens is 3. The van der Waals surface area contributed by atoms with E-state index in [4.69, 9.17) is 8.76 Å². The van der Waals surface area contributed by atoms with Gasteiger partial charge in [0, 0.05) is 0 Å². The van der Waals surface area contributed by atoms with Gasteiger partial charge in [0.2, 0.25) is 0 Å². The first-order valence-corrected chi connectivity index (χ1v) is 11.3. The van der Waals surface area contributed by atoms with Gasteiger partial charge in [-0.05, 0) is 19.3 Å². The summed E-state index contributed by atoms with van der Waals surface area (Å²) in [5.41, 5.74) is -5.08. The van der Waals surface area contributed by atoms with Gasteiger partial charge >= 0.3 is 15.5 Å². The van der Waals surface area contributed by atoms with Crippen LogP contribution in [0.25, 0.3) is 0 Å². The van der Waals surface area contributed by atoms with E-state index in [1.165, 1.54) is 10.2 Å². The van der Waals surface area contributed by atoms with Crippen LogP contribution in [0, 0.1) is 0 Å². The molecule has 0 saturated heterocycles. The predicted molar refractivity (Wildman–Crippen MR) is 92.7 cm³/mol. The molecule has 2 unspecified atom stereocenters. The van der Waals surface area contributed by atoms with Gasteiger partial charge in [-0.25, -0.2) is 4.57 Å². The van der Waals surface area contributed by atoms with Crippen molar-refractivity contribution in [1.82, 2.24) is 3.97 Å². The van der Waals surface area contributed by atoms with Crippen LogP contribution < -0.4 is 4.57 Å². The molecule has 1 rings (SSSR count). The maximum Gasteiger partial charge on any atom is 0.458 e. The molecule has 2 atom stereocenters. The summed E-state index contributed by atoms with van der Waals surface area (Å²) in [5.74, 6) is 1.26. The second kappa shape index (κ2) is 11.0. The molecule has 0 aliphatic heterocycles. The smallest absolute Gasteiger partial charge is 0.458 e.